The van der Waals surface area contributed by atoms with E-state index in [0.717, 1.165) is 38.8 Å². The van der Waals surface area contributed by atoms with Gasteiger partial charge in [-0.2, -0.15) is 0 Å². The van der Waals surface area contributed by atoms with Gasteiger partial charge < -0.3 is 10.6 Å². The molecule has 0 aromatic heterocycles. The van der Waals surface area contributed by atoms with Crippen LogP contribution in [0.3, 0.4) is 0 Å². The Bertz CT molecular complexity index is 295. The molecule has 2 fully saturated rings. The molecule has 1 aliphatic carbocycles. The van der Waals surface area contributed by atoms with E-state index in [2.05, 4.69) is 18.7 Å². The summed E-state index contributed by atoms with van der Waals surface area (Å²) in [5, 5.41) is 0. The molecule has 2 aliphatic rings. The van der Waals surface area contributed by atoms with Crippen LogP contribution in [-0.4, -0.2) is 53.5 Å². The first-order chi connectivity index (χ1) is 7.93. The van der Waals surface area contributed by atoms with Gasteiger partial charge in [-0.1, -0.05) is 0 Å². The van der Waals surface area contributed by atoms with E-state index >= 15 is 0 Å². The summed E-state index contributed by atoms with van der Waals surface area (Å²) < 4.78 is 0. The largest absolute Gasteiger partial charge is 0.343 e. The highest BCUT2D eigenvalue weighted by Crippen LogP contribution is 2.30. The lowest BCUT2D eigenvalue weighted by molar-refractivity contribution is -0.150. The van der Waals surface area contributed by atoms with Crippen LogP contribution >= 0.6 is 0 Å². The Morgan fingerprint density at radius 3 is 2.35 bits per heavy atom. The topological polar surface area (TPSA) is 49.6 Å². The molecule has 2 rings (SSSR count). The van der Waals surface area contributed by atoms with Crippen molar-refractivity contribution < 1.29 is 4.79 Å². The lowest BCUT2D eigenvalue weighted by Crippen LogP contribution is -2.65. The number of carbonyl (C=O) groups is 1. The van der Waals surface area contributed by atoms with E-state index in [1.165, 1.54) is 0 Å². The van der Waals surface area contributed by atoms with Gasteiger partial charge in [0.2, 0.25) is 5.91 Å². The van der Waals surface area contributed by atoms with E-state index in [4.69, 9.17) is 5.73 Å². The van der Waals surface area contributed by atoms with Crippen LogP contribution < -0.4 is 5.73 Å². The summed E-state index contributed by atoms with van der Waals surface area (Å²) in [5.41, 5.74) is 5.60. The summed E-state index contributed by atoms with van der Waals surface area (Å²) in [6.07, 6.45) is 4.48. The minimum atomic E-state index is -0.348. The maximum Gasteiger partial charge on any atom is 0.242 e. The van der Waals surface area contributed by atoms with Crippen molar-refractivity contribution in [3.8, 4) is 0 Å². The van der Waals surface area contributed by atoms with Crippen LogP contribution in [0.25, 0.3) is 0 Å². The molecule has 0 spiro atoms. The normalized spacial score (nSPS) is 35.1. The lowest BCUT2D eigenvalue weighted by Gasteiger charge is -2.49. The summed E-state index contributed by atoms with van der Waals surface area (Å²) in [5.74, 6) is 0.249. The van der Waals surface area contributed by atoms with Crippen molar-refractivity contribution in [3.63, 3.8) is 0 Å². The second-order valence-electron chi connectivity index (χ2n) is 6.05. The molecule has 4 nitrogen and oxygen atoms in total. The van der Waals surface area contributed by atoms with Crippen molar-refractivity contribution in [2.45, 2.75) is 57.2 Å². The average Bonchev–Trinajstić information content (AvgIpc) is 2.28. The first-order valence-corrected chi connectivity index (χ1v) is 6.71. The minimum Gasteiger partial charge on any atom is -0.343 e. The Hall–Kier alpha value is -0.610. The minimum absolute atomic E-state index is 0.249. The summed E-state index contributed by atoms with van der Waals surface area (Å²) in [7, 11) is 1.90. The molecule has 4 heteroatoms. The molecule has 0 aromatic rings. The number of carbonyl (C=O) groups excluding carboxylic acids is 1. The smallest absolute Gasteiger partial charge is 0.242 e. The second-order valence-corrected chi connectivity index (χ2v) is 6.05. The molecule has 1 amide bonds. The van der Waals surface area contributed by atoms with Crippen LogP contribution in [0, 0.1) is 0 Å². The average molecular weight is 239 g/mol. The number of hydrogen-bond acceptors (Lipinski definition) is 3. The van der Waals surface area contributed by atoms with Crippen molar-refractivity contribution in [1.29, 1.82) is 0 Å². The predicted octanol–water partition coefficient (Wildman–Crippen LogP) is 0.809. The number of nitrogens with zero attached hydrogens (tertiary/aromatic N) is 2. The Labute approximate surface area is 104 Å². The quantitative estimate of drug-likeness (QED) is 0.736. The van der Waals surface area contributed by atoms with E-state index in [1.54, 1.807) is 0 Å². The zero-order chi connectivity index (χ0) is 12.6. The van der Waals surface area contributed by atoms with Crippen molar-refractivity contribution in [2.24, 2.45) is 5.73 Å². The predicted molar refractivity (Wildman–Crippen MR) is 68.7 cm³/mol. The fourth-order valence-corrected chi connectivity index (χ4v) is 3.28. The molecular formula is C13H25N3O. The summed E-state index contributed by atoms with van der Waals surface area (Å²) in [6, 6.07) is 0.917. The van der Waals surface area contributed by atoms with Crippen LogP contribution in [0.2, 0.25) is 0 Å². The molecule has 1 aliphatic heterocycles. The number of nitrogens with two attached hydrogens (primary N) is 1. The van der Waals surface area contributed by atoms with E-state index in [1.807, 2.05) is 11.9 Å². The molecule has 0 atom stereocenters. The first-order valence-electron chi connectivity index (χ1n) is 6.71. The van der Waals surface area contributed by atoms with Gasteiger partial charge >= 0.3 is 0 Å². The molecule has 0 radical (unpaired) electrons. The number of piperazine rings is 1. The van der Waals surface area contributed by atoms with E-state index in [0.29, 0.717) is 12.1 Å². The van der Waals surface area contributed by atoms with E-state index < -0.39 is 0 Å². The molecular weight excluding hydrogens is 214 g/mol. The molecule has 0 bridgehead atoms. The highest BCUT2D eigenvalue weighted by molar-refractivity contribution is 5.86. The van der Waals surface area contributed by atoms with Crippen molar-refractivity contribution in [3.05, 3.63) is 0 Å². The van der Waals surface area contributed by atoms with Gasteiger partial charge in [-0.3, -0.25) is 9.69 Å². The van der Waals surface area contributed by atoms with Crippen molar-refractivity contribution in [2.75, 3.05) is 20.1 Å². The molecule has 1 saturated carbocycles. The highest BCUT2D eigenvalue weighted by Gasteiger charge is 2.43. The van der Waals surface area contributed by atoms with Crippen LogP contribution in [0.5, 0.6) is 0 Å². The highest BCUT2D eigenvalue weighted by atomic mass is 16.2. The van der Waals surface area contributed by atoms with Gasteiger partial charge in [-0.05, 0) is 39.5 Å². The third kappa shape index (κ3) is 2.33. The van der Waals surface area contributed by atoms with E-state index in [9.17, 15) is 4.79 Å². The number of rotatable bonds is 1. The zero-order valence-electron chi connectivity index (χ0n) is 11.3. The maximum absolute atomic E-state index is 12.2. The third-order valence-electron chi connectivity index (χ3n) is 4.45. The Kier molecular flexibility index (Phi) is 3.46. The molecule has 98 valence electrons. The Morgan fingerprint density at radius 2 is 1.76 bits per heavy atom. The third-order valence-corrected chi connectivity index (χ3v) is 4.45. The SMILES string of the molecule is CN1CCN(C2CCC(N)CC2)C(C)(C)C1=O. The fourth-order valence-electron chi connectivity index (χ4n) is 3.28. The maximum atomic E-state index is 12.2. The van der Waals surface area contributed by atoms with Crippen LogP contribution in [0.15, 0.2) is 0 Å². The molecule has 2 N–H and O–H groups in total. The zero-order valence-corrected chi connectivity index (χ0v) is 11.3. The summed E-state index contributed by atoms with van der Waals surface area (Å²) >= 11 is 0. The van der Waals surface area contributed by atoms with Gasteiger partial charge in [0.15, 0.2) is 0 Å². The molecule has 1 heterocycles. The molecule has 0 aromatic carbocycles. The van der Waals surface area contributed by atoms with Crippen LogP contribution in [-0.2, 0) is 4.79 Å². The Balaban J connectivity index is 2.08. The van der Waals surface area contributed by atoms with Gasteiger partial charge in [-0.15, -0.1) is 0 Å². The second kappa shape index (κ2) is 4.58. The van der Waals surface area contributed by atoms with Gasteiger partial charge in [0.1, 0.15) is 0 Å². The Morgan fingerprint density at radius 1 is 1.18 bits per heavy atom. The van der Waals surface area contributed by atoms with Crippen LogP contribution in [0.1, 0.15) is 39.5 Å². The summed E-state index contributed by atoms with van der Waals surface area (Å²) in [4.78, 5) is 16.5. The first kappa shape index (κ1) is 12.8. The fraction of sp³-hybridized carbons (Fsp3) is 0.923. The monoisotopic (exact) mass is 239 g/mol. The molecule has 17 heavy (non-hydrogen) atoms. The van der Waals surface area contributed by atoms with E-state index in [-0.39, 0.29) is 11.4 Å². The summed E-state index contributed by atoms with van der Waals surface area (Å²) in [6.45, 7) is 5.96. The van der Waals surface area contributed by atoms with Gasteiger partial charge in [0, 0.05) is 32.2 Å². The molecule has 1 saturated heterocycles. The van der Waals surface area contributed by atoms with Crippen molar-refractivity contribution in [1.82, 2.24) is 9.80 Å². The number of hydrogen-bond donors (Lipinski definition) is 1. The standard InChI is InChI=1S/C13H25N3O/c1-13(2)12(17)15(3)8-9-16(13)11-6-4-10(14)5-7-11/h10-11H,4-9,14H2,1-3H3. The van der Waals surface area contributed by atoms with Gasteiger partial charge in [0.25, 0.3) is 0 Å². The van der Waals surface area contributed by atoms with Crippen LogP contribution in [0.4, 0.5) is 0 Å². The van der Waals surface area contributed by atoms with Crippen molar-refractivity contribution >= 4 is 5.91 Å². The van der Waals surface area contributed by atoms with Gasteiger partial charge in [-0.25, -0.2) is 0 Å². The molecule has 0 unspecified atom stereocenters. The lowest BCUT2D eigenvalue weighted by atomic mass is 9.86. The van der Waals surface area contributed by atoms with Gasteiger partial charge in [0.05, 0.1) is 5.54 Å². The number of amides is 1. The number of likely N-dealkylation sites (N-methyl/N-ethyl adjacent to an activating group) is 1.